The molecule has 5 heteroatoms. The van der Waals surface area contributed by atoms with Crippen LogP contribution in [0.1, 0.15) is 29.8 Å². The molecule has 1 aromatic carbocycles. The third-order valence-corrected chi connectivity index (χ3v) is 3.11. The van der Waals surface area contributed by atoms with Gasteiger partial charge < -0.3 is 10.1 Å². The molecule has 2 aromatic rings. The first-order chi connectivity index (χ1) is 9.67. The Hall–Kier alpha value is -2.01. The summed E-state index contributed by atoms with van der Waals surface area (Å²) in [6.07, 6.45) is 3.21. The Balaban J connectivity index is 2.50. The highest BCUT2D eigenvalue weighted by Gasteiger charge is 2.21. The topological polar surface area (TPSA) is 47.0 Å². The highest BCUT2D eigenvalue weighted by atomic mass is 19.1. The van der Waals surface area contributed by atoms with Gasteiger partial charge in [-0.3, -0.25) is 4.98 Å². The predicted octanol–water partition coefficient (Wildman–Crippen LogP) is 2.63. The highest BCUT2D eigenvalue weighted by molar-refractivity contribution is 5.37. The van der Waals surface area contributed by atoms with E-state index < -0.39 is 0 Å². The summed E-state index contributed by atoms with van der Waals surface area (Å²) in [6.45, 7) is 4.64. The lowest BCUT2D eigenvalue weighted by Gasteiger charge is -2.21. The predicted molar refractivity (Wildman–Crippen MR) is 75.2 cm³/mol. The Morgan fingerprint density at radius 1 is 1.30 bits per heavy atom. The van der Waals surface area contributed by atoms with Gasteiger partial charge in [0.25, 0.3) is 0 Å². The molecule has 0 radical (unpaired) electrons. The standard InChI is InChI=1S/C15H18FN3O/c1-4-17-13(12-6-5-11(16)9-10(12)2)14-15(20-3)19-8-7-18-14/h5-9,13,17H,4H2,1-3H3. The number of nitrogens with zero attached hydrogens (tertiary/aromatic N) is 2. The maximum atomic E-state index is 13.3. The van der Waals surface area contributed by atoms with Crippen LogP contribution in [0.5, 0.6) is 5.88 Å². The molecule has 0 aliphatic rings. The van der Waals surface area contributed by atoms with Crippen LogP contribution in [-0.4, -0.2) is 23.6 Å². The molecule has 0 aliphatic carbocycles. The number of hydrogen-bond donors (Lipinski definition) is 1. The minimum absolute atomic E-state index is 0.177. The van der Waals surface area contributed by atoms with Crippen molar-refractivity contribution in [1.82, 2.24) is 15.3 Å². The van der Waals surface area contributed by atoms with Gasteiger partial charge >= 0.3 is 0 Å². The molecular formula is C15H18FN3O. The monoisotopic (exact) mass is 275 g/mol. The van der Waals surface area contributed by atoms with Crippen LogP contribution < -0.4 is 10.1 Å². The minimum atomic E-state index is -0.243. The molecule has 1 atom stereocenters. The van der Waals surface area contributed by atoms with Crippen molar-refractivity contribution in [3.05, 3.63) is 53.2 Å². The molecule has 0 saturated carbocycles. The second-order valence-corrected chi connectivity index (χ2v) is 4.44. The van der Waals surface area contributed by atoms with E-state index in [1.165, 1.54) is 12.1 Å². The van der Waals surface area contributed by atoms with Crippen molar-refractivity contribution in [1.29, 1.82) is 0 Å². The van der Waals surface area contributed by atoms with Gasteiger partial charge in [0.05, 0.1) is 13.2 Å². The maximum Gasteiger partial charge on any atom is 0.237 e. The van der Waals surface area contributed by atoms with E-state index in [1.54, 1.807) is 25.6 Å². The van der Waals surface area contributed by atoms with Crippen molar-refractivity contribution < 1.29 is 9.13 Å². The smallest absolute Gasteiger partial charge is 0.237 e. The van der Waals surface area contributed by atoms with E-state index in [4.69, 9.17) is 4.74 Å². The van der Waals surface area contributed by atoms with Gasteiger partial charge in [-0.25, -0.2) is 9.37 Å². The second kappa shape index (κ2) is 6.43. The quantitative estimate of drug-likeness (QED) is 0.911. The summed E-state index contributed by atoms with van der Waals surface area (Å²) in [5.74, 6) is 0.231. The molecule has 4 nitrogen and oxygen atoms in total. The van der Waals surface area contributed by atoms with Crippen LogP contribution in [0.4, 0.5) is 4.39 Å². The van der Waals surface area contributed by atoms with Crippen LogP contribution in [0.2, 0.25) is 0 Å². The molecule has 0 spiro atoms. The zero-order valence-corrected chi connectivity index (χ0v) is 11.9. The number of hydrogen-bond acceptors (Lipinski definition) is 4. The third kappa shape index (κ3) is 2.93. The Labute approximate surface area is 118 Å². The zero-order chi connectivity index (χ0) is 14.5. The molecule has 0 saturated heterocycles. The number of aryl methyl sites for hydroxylation is 1. The third-order valence-electron chi connectivity index (χ3n) is 3.11. The van der Waals surface area contributed by atoms with Gasteiger partial charge in [0.2, 0.25) is 5.88 Å². The molecule has 1 heterocycles. The second-order valence-electron chi connectivity index (χ2n) is 4.44. The molecule has 0 amide bonds. The number of ether oxygens (including phenoxy) is 1. The van der Waals surface area contributed by atoms with Crippen molar-refractivity contribution in [3.8, 4) is 5.88 Å². The van der Waals surface area contributed by atoms with Gasteiger partial charge in [-0.1, -0.05) is 13.0 Å². The Morgan fingerprint density at radius 3 is 2.70 bits per heavy atom. The molecule has 2 rings (SSSR count). The van der Waals surface area contributed by atoms with Crippen LogP contribution in [0.15, 0.2) is 30.6 Å². The molecule has 0 aliphatic heterocycles. The lowest BCUT2D eigenvalue weighted by atomic mass is 9.98. The lowest BCUT2D eigenvalue weighted by Crippen LogP contribution is -2.24. The van der Waals surface area contributed by atoms with Crippen molar-refractivity contribution in [2.75, 3.05) is 13.7 Å². The van der Waals surface area contributed by atoms with E-state index in [-0.39, 0.29) is 11.9 Å². The number of halogens is 1. The van der Waals surface area contributed by atoms with E-state index >= 15 is 0 Å². The zero-order valence-electron chi connectivity index (χ0n) is 11.9. The van der Waals surface area contributed by atoms with Crippen molar-refractivity contribution in [3.63, 3.8) is 0 Å². The Bertz CT molecular complexity index is 589. The number of aromatic nitrogens is 2. The SMILES string of the molecule is CCNC(c1ccc(F)cc1C)c1nccnc1OC. The first-order valence-electron chi connectivity index (χ1n) is 6.51. The molecular weight excluding hydrogens is 257 g/mol. The fourth-order valence-electron chi connectivity index (χ4n) is 2.21. The molecule has 1 unspecified atom stereocenters. The average molecular weight is 275 g/mol. The van der Waals surface area contributed by atoms with Crippen molar-refractivity contribution in [2.24, 2.45) is 0 Å². The van der Waals surface area contributed by atoms with Crippen LogP contribution in [0, 0.1) is 12.7 Å². The van der Waals surface area contributed by atoms with Gasteiger partial charge in [0.1, 0.15) is 11.5 Å². The van der Waals surface area contributed by atoms with Crippen molar-refractivity contribution >= 4 is 0 Å². The number of rotatable bonds is 5. The maximum absolute atomic E-state index is 13.3. The normalized spacial score (nSPS) is 12.2. The summed E-state index contributed by atoms with van der Waals surface area (Å²) >= 11 is 0. The Kier molecular flexibility index (Phi) is 4.63. The molecule has 1 aromatic heterocycles. The molecule has 20 heavy (non-hydrogen) atoms. The summed E-state index contributed by atoms with van der Waals surface area (Å²) in [4.78, 5) is 8.54. The van der Waals surface area contributed by atoms with Gasteiger partial charge in [-0.05, 0) is 36.7 Å². The van der Waals surface area contributed by atoms with Gasteiger partial charge in [-0.15, -0.1) is 0 Å². The van der Waals surface area contributed by atoms with Gasteiger partial charge in [0, 0.05) is 12.4 Å². The van der Waals surface area contributed by atoms with E-state index in [9.17, 15) is 4.39 Å². The van der Waals surface area contributed by atoms with Gasteiger partial charge in [-0.2, -0.15) is 0 Å². The molecule has 1 N–H and O–H groups in total. The average Bonchev–Trinajstić information content (AvgIpc) is 2.45. The summed E-state index contributed by atoms with van der Waals surface area (Å²) < 4.78 is 18.5. The lowest BCUT2D eigenvalue weighted by molar-refractivity contribution is 0.383. The summed E-state index contributed by atoms with van der Waals surface area (Å²) in [5.41, 5.74) is 2.53. The fourth-order valence-corrected chi connectivity index (χ4v) is 2.21. The molecule has 0 bridgehead atoms. The summed E-state index contributed by atoms with van der Waals surface area (Å²) in [6, 6.07) is 4.56. The van der Waals surface area contributed by atoms with Crippen LogP contribution in [0.25, 0.3) is 0 Å². The number of nitrogens with one attached hydrogen (secondary N) is 1. The van der Waals surface area contributed by atoms with Crippen LogP contribution >= 0.6 is 0 Å². The largest absolute Gasteiger partial charge is 0.480 e. The first-order valence-corrected chi connectivity index (χ1v) is 6.51. The van der Waals surface area contributed by atoms with Crippen molar-refractivity contribution in [2.45, 2.75) is 19.9 Å². The molecule has 0 fully saturated rings. The number of methoxy groups -OCH3 is 1. The van der Waals surface area contributed by atoms with E-state index in [1.807, 2.05) is 13.8 Å². The van der Waals surface area contributed by atoms with Crippen LogP contribution in [-0.2, 0) is 0 Å². The first kappa shape index (κ1) is 14.4. The van der Waals surface area contributed by atoms with Crippen LogP contribution in [0.3, 0.4) is 0 Å². The Morgan fingerprint density at radius 2 is 2.05 bits per heavy atom. The van der Waals surface area contributed by atoms with E-state index in [0.29, 0.717) is 11.6 Å². The highest BCUT2D eigenvalue weighted by Crippen LogP contribution is 2.28. The van der Waals surface area contributed by atoms with Gasteiger partial charge in [0.15, 0.2) is 0 Å². The van der Waals surface area contributed by atoms with E-state index in [2.05, 4.69) is 15.3 Å². The summed E-state index contributed by atoms with van der Waals surface area (Å²) in [7, 11) is 1.56. The fraction of sp³-hybridized carbons (Fsp3) is 0.333. The van der Waals surface area contributed by atoms with E-state index in [0.717, 1.165) is 17.7 Å². The molecule has 106 valence electrons. The minimum Gasteiger partial charge on any atom is -0.480 e. The summed E-state index contributed by atoms with van der Waals surface area (Å²) in [5, 5.41) is 3.35. The number of benzene rings is 1.